The van der Waals surface area contributed by atoms with Crippen LogP contribution in [0.3, 0.4) is 0 Å². The number of aliphatic imine (C=N–C) groups is 1. The van der Waals surface area contributed by atoms with Gasteiger partial charge in [-0.15, -0.1) is 0 Å². The van der Waals surface area contributed by atoms with E-state index in [1.807, 2.05) is 24.5 Å². The summed E-state index contributed by atoms with van der Waals surface area (Å²) in [6.45, 7) is 0. The Bertz CT molecular complexity index is 635. The summed E-state index contributed by atoms with van der Waals surface area (Å²) in [7, 11) is 0. The topological polar surface area (TPSA) is 51.4 Å². The number of nitrogens with one attached hydrogen (secondary N) is 1. The minimum absolute atomic E-state index is 0.674. The van der Waals surface area contributed by atoms with E-state index >= 15 is 0 Å². The van der Waals surface area contributed by atoms with Crippen LogP contribution >= 0.6 is 0 Å². The van der Waals surface area contributed by atoms with Crippen molar-refractivity contribution in [3.05, 3.63) is 36.7 Å². The van der Waals surface area contributed by atoms with Gasteiger partial charge in [-0.25, -0.2) is 4.99 Å². The van der Waals surface area contributed by atoms with Gasteiger partial charge in [0.05, 0.1) is 0 Å². The normalized spacial score (nSPS) is 14.4. The Balaban J connectivity index is 2.34. The zero-order valence-corrected chi connectivity index (χ0v) is 8.46. The minimum Gasteiger partial charge on any atom is -0.366 e. The standard InChI is InChI=1S/C12H9N3O/c16-15-4-2-1-3-14-11-5-9-7-13-8-10(9)6-12(11)15/h1-8,16H/p+1. The van der Waals surface area contributed by atoms with Crippen LogP contribution < -0.4 is 0 Å². The van der Waals surface area contributed by atoms with E-state index in [0.29, 0.717) is 5.69 Å². The summed E-state index contributed by atoms with van der Waals surface area (Å²) in [6, 6.07) is 3.84. The Kier molecular flexibility index (Phi) is 1.86. The Labute approximate surface area is 91.8 Å². The predicted molar refractivity (Wildman–Crippen MR) is 63.4 cm³/mol. The van der Waals surface area contributed by atoms with E-state index in [-0.39, 0.29) is 0 Å². The molecule has 2 N–H and O–H groups in total. The van der Waals surface area contributed by atoms with E-state index in [1.165, 1.54) is 0 Å². The number of allylic oxidation sites excluding steroid dienone is 2. The van der Waals surface area contributed by atoms with Crippen molar-refractivity contribution >= 4 is 34.6 Å². The molecule has 1 aromatic heterocycles. The third-order valence-electron chi connectivity index (χ3n) is 2.54. The summed E-state index contributed by atoms with van der Waals surface area (Å²) in [6.07, 6.45) is 10.6. The number of aromatic amines is 1. The quantitative estimate of drug-likeness (QED) is 0.511. The summed E-state index contributed by atoms with van der Waals surface area (Å²) in [4.78, 5) is 7.31. The molecule has 0 saturated heterocycles. The van der Waals surface area contributed by atoms with Crippen LogP contribution in [0.4, 0.5) is 11.4 Å². The summed E-state index contributed by atoms with van der Waals surface area (Å²) in [5, 5.41) is 11.9. The van der Waals surface area contributed by atoms with Crippen molar-refractivity contribution in [1.82, 2.24) is 4.98 Å². The highest BCUT2D eigenvalue weighted by atomic mass is 16.5. The maximum Gasteiger partial charge on any atom is 0.283 e. The van der Waals surface area contributed by atoms with Gasteiger partial charge in [-0.05, 0) is 12.1 Å². The minimum atomic E-state index is 0.674. The van der Waals surface area contributed by atoms with Gasteiger partial charge in [0.15, 0.2) is 0 Å². The monoisotopic (exact) mass is 212 g/mol. The molecule has 0 saturated carbocycles. The highest BCUT2D eigenvalue weighted by Crippen LogP contribution is 2.32. The van der Waals surface area contributed by atoms with Gasteiger partial charge in [0.1, 0.15) is 5.69 Å². The predicted octanol–water partition coefficient (Wildman–Crippen LogP) is 2.54. The second kappa shape index (κ2) is 3.34. The molecule has 2 aromatic rings. The van der Waals surface area contributed by atoms with E-state index < -0.39 is 0 Å². The van der Waals surface area contributed by atoms with Crippen molar-refractivity contribution in [1.29, 1.82) is 0 Å². The molecule has 0 atom stereocenters. The first-order valence-corrected chi connectivity index (χ1v) is 4.97. The molecule has 1 aromatic carbocycles. The fraction of sp³-hybridized carbons (Fsp3) is 0. The molecule has 0 amide bonds. The van der Waals surface area contributed by atoms with Gasteiger partial charge in [0.2, 0.25) is 6.21 Å². The molecule has 4 nitrogen and oxygen atoms in total. The van der Waals surface area contributed by atoms with Gasteiger partial charge >= 0.3 is 0 Å². The maximum atomic E-state index is 9.81. The van der Waals surface area contributed by atoms with Crippen LogP contribution in [-0.2, 0) is 0 Å². The number of nitrogens with zero attached hydrogens (tertiary/aromatic N) is 2. The molecule has 16 heavy (non-hydrogen) atoms. The van der Waals surface area contributed by atoms with Gasteiger partial charge in [0.25, 0.3) is 5.69 Å². The zero-order chi connectivity index (χ0) is 11.0. The third kappa shape index (κ3) is 1.32. The third-order valence-corrected chi connectivity index (χ3v) is 2.54. The van der Waals surface area contributed by atoms with Gasteiger partial charge in [0, 0.05) is 46.3 Å². The highest BCUT2D eigenvalue weighted by molar-refractivity contribution is 5.92. The number of aromatic nitrogens is 1. The van der Waals surface area contributed by atoms with Gasteiger partial charge in [-0.2, -0.15) is 0 Å². The van der Waals surface area contributed by atoms with Crippen LogP contribution in [0.1, 0.15) is 0 Å². The molecule has 0 spiro atoms. The Morgan fingerprint density at radius 1 is 1.12 bits per heavy atom. The molecular formula is C12H10N3O+. The van der Waals surface area contributed by atoms with E-state index in [2.05, 4.69) is 9.98 Å². The van der Waals surface area contributed by atoms with Crippen LogP contribution in [-0.4, -0.2) is 27.4 Å². The number of hydrogen-bond donors (Lipinski definition) is 2. The van der Waals surface area contributed by atoms with Crippen LogP contribution in [0.5, 0.6) is 0 Å². The van der Waals surface area contributed by atoms with Gasteiger partial charge in [-0.3, -0.25) is 5.21 Å². The smallest absolute Gasteiger partial charge is 0.283 e. The van der Waals surface area contributed by atoms with Crippen LogP contribution in [0.2, 0.25) is 0 Å². The number of hydrogen-bond acceptors (Lipinski definition) is 2. The molecule has 0 aliphatic carbocycles. The van der Waals surface area contributed by atoms with E-state index in [1.54, 1.807) is 24.6 Å². The average Bonchev–Trinajstić information content (AvgIpc) is 2.71. The molecule has 3 rings (SSSR count). The van der Waals surface area contributed by atoms with Crippen molar-refractivity contribution < 1.29 is 9.95 Å². The Hall–Kier alpha value is -2.36. The van der Waals surface area contributed by atoms with Crippen molar-refractivity contribution in [2.24, 2.45) is 4.99 Å². The molecule has 0 radical (unpaired) electrons. The Morgan fingerprint density at radius 3 is 2.81 bits per heavy atom. The first-order valence-electron chi connectivity index (χ1n) is 4.97. The first kappa shape index (κ1) is 8.91. The van der Waals surface area contributed by atoms with Crippen molar-refractivity contribution in [2.45, 2.75) is 0 Å². The van der Waals surface area contributed by atoms with E-state index in [4.69, 9.17) is 0 Å². The zero-order valence-electron chi connectivity index (χ0n) is 8.46. The highest BCUT2D eigenvalue weighted by Gasteiger charge is 2.15. The van der Waals surface area contributed by atoms with Crippen molar-refractivity contribution in [3.8, 4) is 0 Å². The lowest BCUT2D eigenvalue weighted by Crippen LogP contribution is -2.00. The number of rotatable bonds is 0. The second-order valence-electron chi connectivity index (χ2n) is 3.58. The summed E-state index contributed by atoms with van der Waals surface area (Å²) < 4.78 is 1.08. The molecule has 4 heteroatoms. The summed E-state index contributed by atoms with van der Waals surface area (Å²) in [5.74, 6) is 0. The Morgan fingerprint density at radius 2 is 1.94 bits per heavy atom. The SMILES string of the molecule is O[N+]1=CC=CC=Nc2cc3c[nH]cc3cc21. The maximum absolute atomic E-state index is 9.81. The van der Waals surface area contributed by atoms with Crippen LogP contribution in [0.25, 0.3) is 10.8 Å². The number of H-pyrrole nitrogens is 1. The lowest BCUT2D eigenvalue weighted by Gasteiger charge is -1.99. The largest absolute Gasteiger partial charge is 0.366 e. The van der Waals surface area contributed by atoms with Crippen molar-refractivity contribution in [3.63, 3.8) is 0 Å². The van der Waals surface area contributed by atoms with E-state index in [0.717, 1.165) is 21.2 Å². The summed E-state index contributed by atoms with van der Waals surface area (Å²) in [5.41, 5.74) is 1.42. The first-order chi connectivity index (χ1) is 7.84. The van der Waals surface area contributed by atoms with Crippen LogP contribution in [0.15, 0.2) is 41.7 Å². The van der Waals surface area contributed by atoms with E-state index in [9.17, 15) is 5.21 Å². The van der Waals surface area contributed by atoms with Crippen molar-refractivity contribution in [2.75, 3.05) is 0 Å². The second-order valence-corrected chi connectivity index (χ2v) is 3.58. The molecule has 1 aliphatic heterocycles. The average molecular weight is 212 g/mol. The number of benzene rings is 1. The molecule has 78 valence electrons. The van der Waals surface area contributed by atoms with Crippen LogP contribution in [0, 0.1) is 0 Å². The lowest BCUT2D eigenvalue weighted by molar-refractivity contribution is -0.708. The molecule has 1 aliphatic rings. The van der Waals surface area contributed by atoms with Gasteiger partial charge in [-0.1, -0.05) is 0 Å². The lowest BCUT2D eigenvalue weighted by atomic mass is 10.1. The molecule has 0 bridgehead atoms. The molecular weight excluding hydrogens is 202 g/mol. The summed E-state index contributed by atoms with van der Waals surface area (Å²) >= 11 is 0. The molecule has 0 unspecified atom stereocenters. The fourth-order valence-corrected chi connectivity index (χ4v) is 1.75. The number of fused-ring (bicyclic) bond motifs is 2. The fourth-order valence-electron chi connectivity index (χ4n) is 1.75. The molecule has 2 heterocycles. The van der Waals surface area contributed by atoms with Gasteiger partial charge < -0.3 is 4.98 Å². The molecule has 0 fully saturated rings.